The topological polar surface area (TPSA) is 75.4 Å². The van der Waals surface area contributed by atoms with E-state index in [0.29, 0.717) is 30.8 Å². The highest BCUT2D eigenvalue weighted by molar-refractivity contribution is 5.96. The summed E-state index contributed by atoms with van der Waals surface area (Å²) < 4.78 is 0. The molecule has 108 valence electrons. The second kappa shape index (κ2) is 5.15. The molecule has 1 unspecified atom stereocenters. The highest BCUT2D eigenvalue weighted by Gasteiger charge is 2.41. The first kappa shape index (κ1) is 14.4. The van der Waals surface area contributed by atoms with E-state index in [1.54, 1.807) is 24.1 Å². The largest absolute Gasteiger partial charge is 0.398 e. The lowest BCUT2D eigenvalue weighted by molar-refractivity contribution is -0.128. The van der Waals surface area contributed by atoms with Gasteiger partial charge in [0.15, 0.2) is 0 Å². The number of nitrogens with one attached hydrogen (secondary N) is 1. The van der Waals surface area contributed by atoms with Gasteiger partial charge in [0.2, 0.25) is 5.91 Å². The van der Waals surface area contributed by atoms with Crippen LogP contribution in [-0.2, 0) is 4.79 Å². The molecule has 1 aromatic carbocycles. The van der Waals surface area contributed by atoms with Crippen LogP contribution >= 0.6 is 0 Å². The summed E-state index contributed by atoms with van der Waals surface area (Å²) in [4.78, 5) is 26.0. The minimum atomic E-state index is -0.499. The summed E-state index contributed by atoms with van der Waals surface area (Å²) >= 11 is 0. The van der Waals surface area contributed by atoms with Crippen LogP contribution in [0, 0.1) is 12.3 Å². The van der Waals surface area contributed by atoms with Gasteiger partial charge in [0.25, 0.3) is 5.91 Å². The lowest BCUT2D eigenvalue weighted by Crippen LogP contribution is -2.40. The standard InChI is InChI=1S/C15H21N3O2/c1-10-4-5-11(8-12(10)16)13(19)18-7-6-15(2,9-18)14(20)17-3/h4-5,8H,6-7,9,16H2,1-3H3,(H,17,20). The summed E-state index contributed by atoms with van der Waals surface area (Å²) in [5, 5.41) is 2.67. The normalized spacial score (nSPS) is 21.9. The number of amides is 2. The number of nitrogens with two attached hydrogens (primary N) is 1. The molecule has 1 saturated heterocycles. The molecule has 1 aliphatic rings. The highest BCUT2D eigenvalue weighted by atomic mass is 16.2. The van der Waals surface area contributed by atoms with Crippen LogP contribution in [0.25, 0.3) is 0 Å². The van der Waals surface area contributed by atoms with Crippen molar-refractivity contribution in [3.8, 4) is 0 Å². The first-order chi connectivity index (χ1) is 9.37. The third-order valence-electron chi connectivity index (χ3n) is 4.06. The molecule has 20 heavy (non-hydrogen) atoms. The zero-order valence-corrected chi connectivity index (χ0v) is 12.2. The number of anilines is 1. The van der Waals surface area contributed by atoms with Crippen LogP contribution in [0.3, 0.4) is 0 Å². The minimum Gasteiger partial charge on any atom is -0.398 e. The van der Waals surface area contributed by atoms with Gasteiger partial charge in [-0.3, -0.25) is 9.59 Å². The number of nitrogens with zero attached hydrogens (tertiary/aromatic N) is 1. The number of hydrogen-bond donors (Lipinski definition) is 2. The van der Waals surface area contributed by atoms with Crippen molar-refractivity contribution in [1.29, 1.82) is 0 Å². The summed E-state index contributed by atoms with van der Waals surface area (Å²) in [7, 11) is 1.62. The van der Waals surface area contributed by atoms with Gasteiger partial charge in [0, 0.05) is 31.4 Å². The van der Waals surface area contributed by atoms with Crippen molar-refractivity contribution in [3.05, 3.63) is 29.3 Å². The Hall–Kier alpha value is -2.04. The molecule has 1 fully saturated rings. The molecule has 0 aliphatic carbocycles. The first-order valence-corrected chi connectivity index (χ1v) is 6.75. The van der Waals surface area contributed by atoms with Gasteiger partial charge in [-0.2, -0.15) is 0 Å². The Balaban J connectivity index is 2.15. The molecule has 0 spiro atoms. The maximum absolute atomic E-state index is 12.4. The number of likely N-dealkylation sites (tertiary alicyclic amines) is 1. The van der Waals surface area contributed by atoms with Gasteiger partial charge in [-0.1, -0.05) is 6.07 Å². The van der Waals surface area contributed by atoms with Gasteiger partial charge in [0.1, 0.15) is 0 Å². The molecule has 2 rings (SSSR count). The number of rotatable bonds is 2. The van der Waals surface area contributed by atoms with Crippen LogP contribution in [0.15, 0.2) is 18.2 Å². The summed E-state index contributed by atoms with van der Waals surface area (Å²) in [6.07, 6.45) is 0.680. The summed E-state index contributed by atoms with van der Waals surface area (Å²) in [6.45, 7) is 4.83. The van der Waals surface area contributed by atoms with Crippen LogP contribution in [0.4, 0.5) is 5.69 Å². The molecule has 0 radical (unpaired) electrons. The SMILES string of the molecule is CNC(=O)C1(C)CCN(C(=O)c2ccc(C)c(N)c2)C1. The Morgan fingerprint density at radius 1 is 1.40 bits per heavy atom. The number of benzene rings is 1. The van der Waals surface area contributed by atoms with E-state index >= 15 is 0 Å². The second-order valence-electron chi connectivity index (χ2n) is 5.69. The molecule has 5 heteroatoms. The fraction of sp³-hybridized carbons (Fsp3) is 0.467. The maximum atomic E-state index is 12.4. The summed E-state index contributed by atoms with van der Waals surface area (Å²) in [5.74, 6) is -0.0828. The molecule has 5 nitrogen and oxygen atoms in total. The van der Waals surface area contributed by atoms with Crippen LogP contribution < -0.4 is 11.1 Å². The van der Waals surface area contributed by atoms with Crippen molar-refractivity contribution < 1.29 is 9.59 Å². The zero-order chi connectivity index (χ0) is 14.9. The first-order valence-electron chi connectivity index (χ1n) is 6.75. The van der Waals surface area contributed by atoms with Crippen molar-refractivity contribution in [2.75, 3.05) is 25.9 Å². The molecular formula is C15H21N3O2. The number of carbonyl (C=O) groups is 2. The number of nitrogen functional groups attached to an aromatic ring is 1. The minimum absolute atomic E-state index is 0.0174. The molecule has 1 aliphatic heterocycles. The quantitative estimate of drug-likeness (QED) is 0.796. The van der Waals surface area contributed by atoms with Crippen LogP contribution in [0.1, 0.15) is 29.3 Å². The van der Waals surface area contributed by atoms with Gasteiger partial charge in [0.05, 0.1) is 5.41 Å². The smallest absolute Gasteiger partial charge is 0.253 e. The molecule has 1 atom stereocenters. The van der Waals surface area contributed by atoms with Crippen molar-refractivity contribution in [3.63, 3.8) is 0 Å². The predicted octanol–water partition coefficient (Wildman–Crippen LogP) is 1.18. The fourth-order valence-corrected chi connectivity index (χ4v) is 2.58. The van der Waals surface area contributed by atoms with Crippen molar-refractivity contribution >= 4 is 17.5 Å². The zero-order valence-electron chi connectivity index (χ0n) is 12.2. The number of aryl methyl sites for hydroxylation is 1. The van der Waals surface area contributed by atoms with E-state index in [-0.39, 0.29) is 11.8 Å². The van der Waals surface area contributed by atoms with Gasteiger partial charge < -0.3 is 16.0 Å². The second-order valence-corrected chi connectivity index (χ2v) is 5.69. The van der Waals surface area contributed by atoms with Gasteiger partial charge in [-0.25, -0.2) is 0 Å². The van der Waals surface area contributed by atoms with E-state index in [2.05, 4.69) is 5.32 Å². The lowest BCUT2D eigenvalue weighted by atomic mass is 9.89. The Morgan fingerprint density at radius 2 is 2.10 bits per heavy atom. The molecule has 0 saturated carbocycles. The molecule has 0 aromatic heterocycles. The van der Waals surface area contributed by atoms with E-state index in [4.69, 9.17) is 5.73 Å². The van der Waals surface area contributed by atoms with E-state index in [0.717, 1.165) is 5.56 Å². The van der Waals surface area contributed by atoms with Gasteiger partial charge in [-0.05, 0) is 38.0 Å². The lowest BCUT2D eigenvalue weighted by Gasteiger charge is -2.22. The molecule has 0 bridgehead atoms. The van der Waals surface area contributed by atoms with Crippen LogP contribution in [-0.4, -0.2) is 36.9 Å². The third-order valence-corrected chi connectivity index (χ3v) is 4.06. The van der Waals surface area contributed by atoms with E-state index < -0.39 is 5.41 Å². The van der Waals surface area contributed by atoms with Gasteiger partial charge >= 0.3 is 0 Å². The molecule has 1 aromatic rings. The molecule has 3 N–H and O–H groups in total. The Bertz CT molecular complexity index is 556. The van der Waals surface area contributed by atoms with Crippen molar-refractivity contribution in [1.82, 2.24) is 10.2 Å². The van der Waals surface area contributed by atoms with Crippen LogP contribution in [0.2, 0.25) is 0 Å². The Morgan fingerprint density at radius 3 is 2.70 bits per heavy atom. The van der Waals surface area contributed by atoms with Crippen molar-refractivity contribution in [2.24, 2.45) is 5.41 Å². The third kappa shape index (κ3) is 2.48. The fourth-order valence-electron chi connectivity index (χ4n) is 2.58. The number of carbonyl (C=O) groups excluding carboxylic acids is 2. The van der Waals surface area contributed by atoms with Crippen LogP contribution in [0.5, 0.6) is 0 Å². The Labute approximate surface area is 119 Å². The Kier molecular flexibility index (Phi) is 3.70. The molecule has 1 heterocycles. The predicted molar refractivity (Wildman–Crippen MR) is 78.3 cm³/mol. The van der Waals surface area contributed by atoms with E-state index in [1.165, 1.54) is 0 Å². The average molecular weight is 275 g/mol. The molecular weight excluding hydrogens is 254 g/mol. The van der Waals surface area contributed by atoms with Gasteiger partial charge in [-0.15, -0.1) is 0 Å². The summed E-state index contributed by atoms with van der Waals surface area (Å²) in [6, 6.07) is 5.33. The van der Waals surface area contributed by atoms with E-state index in [9.17, 15) is 9.59 Å². The molecule has 2 amide bonds. The average Bonchev–Trinajstić information content (AvgIpc) is 2.84. The number of hydrogen-bond acceptors (Lipinski definition) is 3. The maximum Gasteiger partial charge on any atom is 0.253 e. The highest BCUT2D eigenvalue weighted by Crippen LogP contribution is 2.31. The summed E-state index contributed by atoms with van der Waals surface area (Å²) in [5.41, 5.74) is 7.50. The van der Waals surface area contributed by atoms with Crippen molar-refractivity contribution in [2.45, 2.75) is 20.3 Å². The monoisotopic (exact) mass is 275 g/mol. The van der Waals surface area contributed by atoms with E-state index in [1.807, 2.05) is 19.9 Å².